The Hall–Kier alpha value is -1.40. The molecule has 1 aliphatic rings. The fourth-order valence-corrected chi connectivity index (χ4v) is 4.12. The third kappa shape index (κ3) is 3.63. The molecule has 2 amide bonds. The van der Waals surface area contributed by atoms with Crippen molar-refractivity contribution in [1.82, 2.24) is 0 Å². The van der Waals surface area contributed by atoms with Crippen LogP contribution in [0, 0.1) is 0 Å². The van der Waals surface area contributed by atoms with Crippen LogP contribution in [0.2, 0.25) is 0 Å². The van der Waals surface area contributed by atoms with Crippen molar-refractivity contribution >= 4 is 28.2 Å². The number of quaternary nitrogens is 1. The van der Waals surface area contributed by atoms with E-state index in [0.717, 1.165) is 44.3 Å². The molecule has 4 N–H and O–H groups in total. The number of anilines is 1. The number of primary amides is 1. The predicted octanol–water partition coefficient (Wildman–Crippen LogP) is 0.589. The van der Waals surface area contributed by atoms with E-state index in [2.05, 4.69) is 19.2 Å². The van der Waals surface area contributed by atoms with Gasteiger partial charge in [-0.3, -0.25) is 9.59 Å². The van der Waals surface area contributed by atoms with Crippen LogP contribution in [0.1, 0.15) is 47.5 Å². The molecule has 0 fully saturated rings. The van der Waals surface area contributed by atoms with Gasteiger partial charge >= 0.3 is 0 Å². The Balaban J connectivity index is 2.18. The van der Waals surface area contributed by atoms with E-state index in [1.54, 1.807) is 0 Å². The van der Waals surface area contributed by atoms with E-state index in [9.17, 15) is 9.59 Å². The molecule has 0 aromatic carbocycles. The Labute approximate surface area is 129 Å². The van der Waals surface area contributed by atoms with Crippen LogP contribution in [0.3, 0.4) is 0 Å². The van der Waals surface area contributed by atoms with Crippen LogP contribution in [0.4, 0.5) is 5.00 Å². The Morgan fingerprint density at radius 1 is 1.24 bits per heavy atom. The quantitative estimate of drug-likeness (QED) is 0.719. The van der Waals surface area contributed by atoms with Gasteiger partial charge in [-0.1, -0.05) is 0 Å². The summed E-state index contributed by atoms with van der Waals surface area (Å²) in [4.78, 5) is 26.3. The van der Waals surface area contributed by atoms with Crippen LogP contribution in [0.25, 0.3) is 0 Å². The molecule has 0 saturated carbocycles. The summed E-state index contributed by atoms with van der Waals surface area (Å²) in [6.45, 7) is 6.37. The normalized spacial score (nSPS) is 14.0. The van der Waals surface area contributed by atoms with E-state index in [1.165, 1.54) is 21.1 Å². The van der Waals surface area contributed by atoms with Crippen molar-refractivity contribution < 1.29 is 14.5 Å². The molecule has 0 atom stereocenters. The summed E-state index contributed by atoms with van der Waals surface area (Å²) in [5, 5.41) is 3.55. The molecule has 0 spiro atoms. The number of rotatable bonds is 6. The van der Waals surface area contributed by atoms with Crippen molar-refractivity contribution in [1.29, 1.82) is 0 Å². The average Bonchev–Trinajstić information content (AvgIpc) is 2.82. The minimum absolute atomic E-state index is 0.0465. The second-order valence-corrected chi connectivity index (χ2v) is 6.57. The highest BCUT2D eigenvalue weighted by Gasteiger charge is 2.25. The van der Waals surface area contributed by atoms with E-state index in [-0.39, 0.29) is 5.91 Å². The first-order chi connectivity index (χ1) is 10.1. The molecule has 1 aromatic rings. The molecule has 2 rings (SSSR count). The maximum absolute atomic E-state index is 12.2. The van der Waals surface area contributed by atoms with Crippen molar-refractivity contribution in [2.75, 3.05) is 25.0 Å². The highest BCUT2D eigenvalue weighted by atomic mass is 32.1. The molecule has 0 saturated heterocycles. The highest BCUT2D eigenvalue weighted by molar-refractivity contribution is 7.17. The number of carbonyl (C=O) groups excluding carboxylic acids is 2. The highest BCUT2D eigenvalue weighted by Crippen LogP contribution is 2.37. The monoisotopic (exact) mass is 310 g/mol. The van der Waals surface area contributed by atoms with Gasteiger partial charge in [0.1, 0.15) is 5.00 Å². The van der Waals surface area contributed by atoms with Gasteiger partial charge < -0.3 is 16.0 Å². The number of carbonyl (C=O) groups is 2. The predicted molar refractivity (Wildman–Crippen MR) is 85.0 cm³/mol. The zero-order chi connectivity index (χ0) is 15.4. The fourth-order valence-electron chi connectivity index (χ4n) is 2.81. The first-order valence-corrected chi connectivity index (χ1v) is 8.46. The number of likely N-dealkylation sites (N-methyl/N-ethyl adjacent to an activating group) is 1. The van der Waals surface area contributed by atoms with E-state index in [1.807, 2.05) is 0 Å². The van der Waals surface area contributed by atoms with Gasteiger partial charge in [0, 0.05) is 4.88 Å². The molecule has 1 heterocycles. The standard InChI is InChI=1S/C15H23N3O2S/c1-3-18(4-2)9-12(19)17-15-13(14(16)20)10-7-5-6-8-11(10)21-15/h3-9H2,1-2H3,(H2,16,20)(H,17,19)/p+1. The molecule has 21 heavy (non-hydrogen) atoms. The van der Waals surface area contributed by atoms with Gasteiger partial charge in [-0.2, -0.15) is 0 Å². The number of nitrogens with two attached hydrogens (primary N) is 1. The third-order valence-corrected chi connectivity index (χ3v) is 5.29. The number of hydrogen-bond acceptors (Lipinski definition) is 3. The minimum Gasteiger partial charge on any atom is -0.365 e. The lowest BCUT2D eigenvalue weighted by Gasteiger charge is -2.14. The third-order valence-electron chi connectivity index (χ3n) is 4.08. The Morgan fingerprint density at radius 3 is 2.52 bits per heavy atom. The summed E-state index contributed by atoms with van der Waals surface area (Å²) in [7, 11) is 0. The van der Waals surface area contributed by atoms with Crippen molar-refractivity contribution in [2.45, 2.75) is 39.5 Å². The molecular weight excluding hydrogens is 286 g/mol. The van der Waals surface area contributed by atoms with Gasteiger partial charge in [0.2, 0.25) is 0 Å². The Bertz CT molecular complexity index is 535. The van der Waals surface area contributed by atoms with Crippen molar-refractivity contribution in [3.63, 3.8) is 0 Å². The molecule has 0 radical (unpaired) electrons. The van der Waals surface area contributed by atoms with Gasteiger partial charge in [-0.25, -0.2) is 0 Å². The maximum atomic E-state index is 12.2. The molecule has 1 aromatic heterocycles. The van der Waals surface area contributed by atoms with Gasteiger partial charge in [0.05, 0.1) is 18.7 Å². The lowest BCUT2D eigenvalue weighted by molar-refractivity contribution is -0.888. The van der Waals surface area contributed by atoms with Crippen LogP contribution in [-0.4, -0.2) is 31.4 Å². The second kappa shape index (κ2) is 7.04. The summed E-state index contributed by atoms with van der Waals surface area (Å²) >= 11 is 1.52. The topological polar surface area (TPSA) is 76.6 Å². The summed E-state index contributed by atoms with van der Waals surface area (Å²) in [5.41, 5.74) is 7.12. The minimum atomic E-state index is -0.431. The van der Waals surface area contributed by atoms with Crippen molar-refractivity contribution in [2.24, 2.45) is 5.73 Å². The number of thiophene rings is 1. The number of hydrogen-bond donors (Lipinski definition) is 3. The summed E-state index contributed by atoms with van der Waals surface area (Å²) in [5.74, 6) is -0.477. The zero-order valence-electron chi connectivity index (χ0n) is 12.8. The first kappa shape index (κ1) is 16.0. The first-order valence-electron chi connectivity index (χ1n) is 7.64. The van der Waals surface area contributed by atoms with E-state index < -0.39 is 5.91 Å². The molecule has 5 nitrogen and oxygen atoms in total. The average molecular weight is 310 g/mol. The SMILES string of the molecule is CC[NH+](CC)CC(=O)Nc1sc2c(c1C(N)=O)CCCC2. The molecule has 0 aliphatic heterocycles. The van der Waals surface area contributed by atoms with Gasteiger partial charge in [0.25, 0.3) is 11.8 Å². The van der Waals surface area contributed by atoms with Crippen LogP contribution in [0.5, 0.6) is 0 Å². The van der Waals surface area contributed by atoms with Gasteiger partial charge in [-0.15, -0.1) is 11.3 Å². The molecule has 1 aliphatic carbocycles. The van der Waals surface area contributed by atoms with Crippen LogP contribution >= 0.6 is 11.3 Å². The number of aryl methyl sites for hydroxylation is 1. The van der Waals surface area contributed by atoms with Gasteiger partial charge in [0.15, 0.2) is 6.54 Å². The Morgan fingerprint density at radius 2 is 1.90 bits per heavy atom. The molecule has 116 valence electrons. The van der Waals surface area contributed by atoms with E-state index in [0.29, 0.717) is 17.1 Å². The Kier molecular flexibility index (Phi) is 5.36. The number of nitrogens with one attached hydrogen (secondary N) is 2. The summed E-state index contributed by atoms with van der Waals surface area (Å²) < 4.78 is 0. The molecule has 6 heteroatoms. The van der Waals surface area contributed by atoms with E-state index in [4.69, 9.17) is 5.73 Å². The van der Waals surface area contributed by atoms with Crippen molar-refractivity contribution in [3.8, 4) is 0 Å². The summed E-state index contributed by atoms with van der Waals surface area (Å²) in [6, 6.07) is 0. The largest absolute Gasteiger partial charge is 0.365 e. The van der Waals surface area contributed by atoms with Crippen LogP contribution in [-0.2, 0) is 17.6 Å². The number of amides is 2. The van der Waals surface area contributed by atoms with Crippen LogP contribution < -0.4 is 16.0 Å². The summed E-state index contributed by atoms with van der Waals surface area (Å²) in [6.07, 6.45) is 4.10. The van der Waals surface area contributed by atoms with Gasteiger partial charge in [-0.05, 0) is 45.1 Å². The lowest BCUT2D eigenvalue weighted by Crippen LogP contribution is -3.12. The number of fused-ring (bicyclic) bond motifs is 1. The second-order valence-electron chi connectivity index (χ2n) is 5.46. The lowest BCUT2D eigenvalue weighted by atomic mass is 9.95. The zero-order valence-corrected chi connectivity index (χ0v) is 13.6. The van der Waals surface area contributed by atoms with E-state index >= 15 is 0 Å². The van der Waals surface area contributed by atoms with Crippen LogP contribution in [0.15, 0.2) is 0 Å². The molecular formula is C15H24N3O2S+. The fraction of sp³-hybridized carbons (Fsp3) is 0.600. The molecule has 0 bridgehead atoms. The van der Waals surface area contributed by atoms with Crippen molar-refractivity contribution in [3.05, 3.63) is 16.0 Å². The molecule has 0 unspecified atom stereocenters. The smallest absolute Gasteiger partial charge is 0.280 e. The maximum Gasteiger partial charge on any atom is 0.280 e.